The summed E-state index contributed by atoms with van der Waals surface area (Å²) >= 11 is 3.25. The standard InChI is InChI=1S/C11H14BrNO3/c1-2-15-6-7-16-11(14)8-4-3-5-9(13)10(8)12/h3-5H,2,6-7,13H2,1H3. The zero-order chi connectivity index (χ0) is 12.0. The summed E-state index contributed by atoms with van der Waals surface area (Å²) in [7, 11) is 0. The zero-order valence-electron chi connectivity index (χ0n) is 9.03. The molecule has 5 heteroatoms. The van der Waals surface area contributed by atoms with Crippen molar-refractivity contribution in [3.63, 3.8) is 0 Å². The van der Waals surface area contributed by atoms with E-state index in [0.717, 1.165) is 0 Å². The van der Waals surface area contributed by atoms with Gasteiger partial charge in [0.2, 0.25) is 0 Å². The molecule has 0 aliphatic rings. The first-order chi connectivity index (χ1) is 7.66. The van der Waals surface area contributed by atoms with Gasteiger partial charge in [-0.3, -0.25) is 0 Å². The summed E-state index contributed by atoms with van der Waals surface area (Å²) in [6.45, 7) is 3.14. The van der Waals surface area contributed by atoms with Gasteiger partial charge in [-0.2, -0.15) is 0 Å². The van der Waals surface area contributed by atoms with Crippen molar-refractivity contribution in [1.29, 1.82) is 0 Å². The minimum Gasteiger partial charge on any atom is -0.460 e. The summed E-state index contributed by atoms with van der Waals surface area (Å²) in [5, 5.41) is 0. The molecule has 1 aromatic carbocycles. The summed E-state index contributed by atoms with van der Waals surface area (Å²) in [5.74, 6) is -0.404. The van der Waals surface area contributed by atoms with Crippen molar-refractivity contribution in [2.24, 2.45) is 0 Å². The van der Waals surface area contributed by atoms with Gasteiger partial charge in [0.25, 0.3) is 0 Å². The van der Waals surface area contributed by atoms with Crippen LogP contribution >= 0.6 is 15.9 Å². The van der Waals surface area contributed by atoms with Gasteiger partial charge < -0.3 is 15.2 Å². The second-order valence-electron chi connectivity index (χ2n) is 3.04. The zero-order valence-corrected chi connectivity index (χ0v) is 10.6. The van der Waals surface area contributed by atoms with Crippen LogP contribution in [-0.2, 0) is 9.47 Å². The summed E-state index contributed by atoms with van der Waals surface area (Å²) in [5.41, 5.74) is 6.60. The second kappa shape index (κ2) is 6.50. The van der Waals surface area contributed by atoms with E-state index in [2.05, 4.69) is 15.9 Å². The molecule has 2 N–H and O–H groups in total. The lowest BCUT2D eigenvalue weighted by molar-refractivity contribution is 0.0334. The Bertz CT molecular complexity index is 368. The van der Waals surface area contributed by atoms with E-state index in [9.17, 15) is 4.79 Å². The summed E-state index contributed by atoms with van der Waals surface area (Å²) in [6, 6.07) is 5.07. The normalized spacial score (nSPS) is 10.1. The summed E-state index contributed by atoms with van der Waals surface area (Å²) in [6.07, 6.45) is 0. The van der Waals surface area contributed by atoms with Crippen LogP contribution in [0.5, 0.6) is 0 Å². The smallest absolute Gasteiger partial charge is 0.339 e. The van der Waals surface area contributed by atoms with Crippen molar-refractivity contribution in [1.82, 2.24) is 0 Å². The van der Waals surface area contributed by atoms with Crippen LogP contribution < -0.4 is 5.73 Å². The van der Waals surface area contributed by atoms with Gasteiger partial charge in [0, 0.05) is 12.3 Å². The van der Waals surface area contributed by atoms with Crippen LogP contribution in [0.1, 0.15) is 17.3 Å². The molecule has 0 atom stereocenters. The Kier molecular flexibility index (Phi) is 5.28. The topological polar surface area (TPSA) is 61.5 Å². The van der Waals surface area contributed by atoms with Crippen molar-refractivity contribution in [2.45, 2.75) is 6.92 Å². The molecule has 0 heterocycles. The fraction of sp³-hybridized carbons (Fsp3) is 0.364. The molecule has 16 heavy (non-hydrogen) atoms. The van der Waals surface area contributed by atoms with Crippen LogP contribution in [0.25, 0.3) is 0 Å². The van der Waals surface area contributed by atoms with Crippen LogP contribution in [0, 0.1) is 0 Å². The molecular weight excluding hydrogens is 274 g/mol. The number of rotatable bonds is 5. The summed E-state index contributed by atoms with van der Waals surface area (Å²) in [4.78, 5) is 11.6. The first-order valence-corrected chi connectivity index (χ1v) is 5.75. The lowest BCUT2D eigenvalue weighted by Gasteiger charge is -2.07. The molecule has 0 amide bonds. The number of carbonyl (C=O) groups is 1. The maximum atomic E-state index is 11.6. The molecule has 0 bridgehead atoms. The Balaban J connectivity index is 2.56. The molecule has 1 aromatic rings. The fourth-order valence-corrected chi connectivity index (χ4v) is 1.55. The lowest BCUT2D eigenvalue weighted by Crippen LogP contribution is -2.11. The van der Waals surface area contributed by atoms with Gasteiger partial charge in [0.1, 0.15) is 6.61 Å². The van der Waals surface area contributed by atoms with Crippen LogP contribution in [0.3, 0.4) is 0 Å². The van der Waals surface area contributed by atoms with E-state index in [1.54, 1.807) is 18.2 Å². The number of esters is 1. The van der Waals surface area contributed by atoms with Gasteiger partial charge in [-0.25, -0.2) is 4.79 Å². The second-order valence-corrected chi connectivity index (χ2v) is 3.83. The Labute approximate surface area is 103 Å². The molecule has 0 spiro atoms. The van der Waals surface area contributed by atoms with Crippen molar-refractivity contribution in [3.05, 3.63) is 28.2 Å². The molecule has 0 unspecified atom stereocenters. The fourth-order valence-electron chi connectivity index (χ4n) is 1.12. The predicted molar refractivity (Wildman–Crippen MR) is 65.3 cm³/mol. The third-order valence-electron chi connectivity index (χ3n) is 1.91. The minimum absolute atomic E-state index is 0.244. The molecule has 1 rings (SSSR count). The van der Waals surface area contributed by atoms with Gasteiger partial charge >= 0.3 is 5.97 Å². The number of hydrogen-bond acceptors (Lipinski definition) is 4. The lowest BCUT2D eigenvalue weighted by atomic mass is 10.2. The van der Waals surface area contributed by atoms with Crippen LogP contribution in [0.4, 0.5) is 5.69 Å². The molecule has 0 fully saturated rings. The Hall–Kier alpha value is -1.07. The monoisotopic (exact) mass is 287 g/mol. The average Bonchev–Trinajstić information content (AvgIpc) is 2.28. The maximum absolute atomic E-state index is 11.6. The molecule has 88 valence electrons. The van der Waals surface area contributed by atoms with Crippen molar-refractivity contribution in [3.8, 4) is 0 Å². The highest BCUT2D eigenvalue weighted by Crippen LogP contribution is 2.24. The molecule has 4 nitrogen and oxygen atoms in total. The van der Waals surface area contributed by atoms with Crippen molar-refractivity contribution in [2.75, 3.05) is 25.6 Å². The minimum atomic E-state index is -0.404. The number of nitrogen functional groups attached to an aromatic ring is 1. The van der Waals surface area contributed by atoms with Crippen LogP contribution in [0.15, 0.2) is 22.7 Å². The average molecular weight is 288 g/mol. The third kappa shape index (κ3) is 3.50. The van der Waals surface area contributed by atoms with E-state index in [0.29, 0.717) is 28.9 Å². The van der Waals surface area contributed by atoms with Gasteiger partial charge in [-0.05, 0) is 35.0 Å². The Morgan fingerprint density at radius 1 is 1.44 bits per heavy atom. The molecule has 0 aromatic heterocycles. The quantitative estimate of drug-likeness (QED) is 0.512. The first-order valence-electron chi connectivity index (χ1n) is 4.95. The van der Waals surface area contributed by atoms with E-state index in [1.807, 2.05) is 6.92 Å². The van der Waals surface area contributed by atoms with E-state index in [-0.39, 0.29) is 6.61 Å². The third-order valence-corrected chi connectivity index (χ3v) is 2.80. The number of benzene rings is 1. The molecule has 0 aliphatic carbocycles. The SMILES string of the molecule is CCOCCOC(=O)c1cccc(N)c1Br. The number of ether oxygens (including phenoxy) is 2. The van der Waals surface area contributed by atoms with E-state index >= 15 is 0 Å². The Morgan fingerprint density at radius 3 is 2.88 bits per heavy atom. The molecule has 0 saturated carbocycles. The Morgan fingerprint density at radius 2 is 2.19 bits per heavy atom. The van der Waals surface area contributed by atoms with E-state index < -0.39 is 5.97 Å². The van der Waals surface area contributed by atoms with E-state index in [1.165, 1.54) is 0 Å². The number of halogens is 1. The largest absolute Gasteiger partial charge is 0.460 e. The highest BCUT2D eigenvalue weighted by molar-refractivity contribution is 9.10. The van der Waals surface area contributed by atoms with E-state index in [4.69, 9.17) is 15.2 Å². The van der Waals surface area contributed by atoms with Gasteiger partial charge in [-0.1, -0.05) is 6.07 Å². The van der Waals surface area contributed by atoms with Crippen molar-refractivity contribution < 1.29 is 14.3 Å². The van der Waals surface area contributed by atoms with Crippen LogP contribution in [0.2, 0.25) is 0 Å². The van der Waals surface area contributed by atoms with Crippen molar-refractivity contribution >= 4 is 27.6 Å². The van der Waals surface area contributed by atoms with Gasteiger partial charge in [0.05, 0.1) is 16.6 Å². The molecule has 0 saturated heterocycles. The van der Waals surface area contributed by atoms with Gasteiger partial charge in [-0.15, -0.1) is 0 Å². The van der Waals surface area contributed by atoms with Gasteiger partial charge in [0.15, 0.2) is 0 Å². The summed E-state index contributed by atoms with van der Waals surface area (Å²) < 4.78 is 10.6. The number of carbonyl (C=O) groups excluding carboxylic acids is 1. The molecular formula is C11H14BrNO3. The highest BCUT2D eigenvalue weighted by atomic mass is 79.9. The number of anilines is 1. The predicted octanol–water partition coefficient (Wildman–Crippen LogP) is 2.22. The molecule has 0 aliphatic heterocycles. The number of hydrogen-bond donors (Lipinski definition) is 1. The highest BCUT2D eigenvalue weighted by Gasteiger charge is 2.12. The molecule has 0 radical (unpaired) electrons. The number of nitrogens with two attached hydrogens (primary N) is 1. The first kappa shape index (κ1) is 13.0. The maximum Gasteiger partial charge on any atom is 0.339 e. The van der Waals surface area contributed by atoms with Crippen LogP contribution in [-0.4, -0.2) is 25.8 Å².